The number of hydrogen-bond donors (Lipinski definition) is 0. The fourth-order valence-corrected chi connectivity index (χ4v) is 5.67. The summed E-state index contributed by atoms with van der Waals surface area (Å²) in [6.07, 6.45) is 41.8. The second-order valence-corrected chi connectivity index (χ2v) is 12.4. The van der Waals surface area contributed by atoms with E-state index in [-0.39, 0.29) is 12.1 Å². The largest absolute Gasteiger partial charge is 0.462 e. The Bertz CT molecular complexity index is 637. The maximum absolute atomic E-state index is 13.0. The highest BCUT2D eigenvalue weighted by Gasteiger charge is 2.25. The lowest BCUT2D eigenvalue weighted by Crippen LogP contribution is -2.39. The van der Waals surface area contributed by atoms with Crippen molar-refractivity contribution in [2.45, 2.75) is 175 Å². The van der Waals surface area contributed by atoms with Gasteiger partial charge in [-0.05, 0) is 122 Å². The molecule has 0 amide bonds. The molecular weight excluding hydrogens is 502 g/mol. The van der Waals surface area contributed by atoms with Gasteiger partial charge in [-0.2, -0.15) is 0 Å². The summed E-state index contributed by atoms with van der Waals surface area (Å²) in [6.45, 7) is 9.94. The van der Waals surface area contributed by atoms with E-state index in [2.05, 4.69) is 62.1 Å². The molecule has 3 nitrogen and oxygen atoms in total. The maximum Gasteiger partial charge on any atom is 0.307 e. The molecule has 1 atom stereocenters. The molecule has 238 valence electrons. The fraction of sp³-hybridized carbons (Fsp3) is 0.816. The van der Waals surface area contributed by atoms with Crippen LogP contribution >= 0.6 is 0 Å². The summed E-state index contributed by atoms with van der Waals surface area (Å²) in [5.74, 6) is 0.493. The van der Waals surface area contributed by atoms with Crippen molar-refractivity contribution < 1.29 is 9.53 Å². The third-order valence-electron chi connectivity index (χ3n) is 8.56. The summed E-state index contributed by atoms with van der Waals surface area (Å²) in [6, 6.07) is 0. The first kappa shape index (κ1) is 37.7. The second-order valence-electron chi connectivity index (χ2n) is 12.4. The molecule has 1 heterocycles. The Labute approximate surface area is 256 Å². The van der Waals surface area contributed by atoms with E-state index in [9.17, 15) is 4.79 Å². The van der Waals surface area contributed by atoms with Gasteiger partial charge in [-0.1, -0.05) is 95.8 Å². The SMILES string of the molecule is CCCCC/C=C\CCCC(CCC/C=C\CCCCC)C(CCC/C=C\CCCCC)OC(=O)CCN1CCC1. The molecule has 0 radical (unpaired) electrons. The number of hydrogen-bond acceptors (Lipinski definition) is 3. The van der Waals surface area contributed by atoms with Crippen LogP contribution in [0.5, 0.6) is 0 Å². The van der Waals surface area contributed by atoms with E-state index >= 15 is 0 Å². The molecule has 1 saturated heterocycles. The van der Waals surface area contributed by atoms with E-state index in [0.717, 1.165) is 64.6 Å². The highest BCUT2D eigenvalue weighted by atomic mass is 16.5. The lowest BCUT2D eigenvalue weighted by Gasteiger charge is -2.31. The van der Waals surface area contributed by atoms with E-state index in [1.54, 1.807) is 0 Å². The third-order valence-corrected chi connectivity index (χ3v) is 8.56. The van der Waals surface area contributed by atoms with Gasteiger partial charge in [-0.15, -0.1) is 0 Å². The van der Waals surface area contributed by atoms with Crippen molar-refractivity contribution in [3.05, 3.63) is 36.5 Å². The topological polar surface area (TPSA) is 29.5 Å². The number of nitrogens with zero attached hydrogens (tertiary/aromatic N) is 1. The summed E-state index contributed by atoms with van der Waals surface area (Å²) in [5.41, 5.74) is 0. The number of allylic oxidation sites excluding steroid dienone is 6. The minimum atomic E-state index is 0.0219. The van der Waals surface area contributed by atoms with Crippen LogP contribution in [0.25, 0.3) is 0 Å². The molecule has 0 spiro atoms. The van der Waals surface area contributed by atoms with Crippen molar-refractivity contribution in [2.24, 2.45) is 5.92 Å². The quantitative estimate of drug-likeness (QED) is 0.0508. The maximum atomic E-state index is 13.0. The van der Waals surface area contributed by atoms with Crippen LogP contribution in [0.2, 0.25) is 0 Å². The second kappa shape index (κ2) is 28.8. The monoisotopic (exact) mass is 572 g/mol. The van der Waals surface area contributed by atoms with E-state index < -0.39 is 0 Å². The van der Waals surface area contributed by atoms with E-state index in [1.807, 2.05) is 0 Å². The van der Waals surface area contributed by atoms with E-state index in [4.69, 9.17) is 4.74 Å². The van der Waals surface area contributed by atoms with Crippen molar-refractivity contribution in [3.8, 4) is 0 Å². The minimum absolute atomic E-state index is 0.0219. The number of esters is 1. The lowest BCUT2D eigenvalue weighted by atomic mass is 9.87. The molecule has 1 aliphatic rings. The van der Waals surface area contributed by atoms with Crippen LogP contribution in [0.15, 0.2) is 36.5 Å². The zero-order valence-electron chi connectivity index (χ0n) is 27.8. The predicted octanol–water partition coefficient (Wildman–Crippen LogP) is 11.5. The predicted molar refractivity (Wildman–Crippen MR) is 180 cm³/mol. The standard InChI is InChI=1S/C38H69NO2/c1-4-7-10-13-16-19-22-25-29-36(30-26-23-20-17-14-11-8-5-2)37(31-27-24-21-18-15-12-9-6-3)41-38(40)32-35-39-33-28-34-39/h16-21,36-37H,4-15,22-35H2,1-3H3/b19-16-,20-17-,21-18-. The summed E-state index contributed by atoms with van der Waals surface area (Å²) >= 11 is 0. The molecule has 0 aromatic heterocycles. The smallest absolute Gasteiger partial charge is 0.307 e. The molecule has 0 N–H and O–H groups in total. The summed E-state index contributed by atoms with van der Waals surface area (Å²) in [5, 5.41) is 0. The molecular formula is C38H69NO2. The molecule has 3 heteroatoms. The molecule has 1 aliphatic heterocycles. The molecule has 0 aromatic carbocycles. The number of likely N-dealkylation sites (tertiary alicyclic amines) is 1. The van der Waals surface area contributed by atoms with Gasteiger partial charge in [0.25, 0.3) is 0 Å². The van der Waals surface area contributed by atoms with Gasteiger partial charge in [0.15, 0.2) is 0 Å². The Balaban J connectivity index is 2.68. The van der Waals surface area contributed by atoms with Crippen LogP contribution in [0.3, 0.4) is 0 Å². The van der Waals surface area contributed by atoms with Gasteiger partial charge >= 0.3 is 5.97 Å². The van der Waals surface area contributed by atoms with E-state index in [1.165, 1.54) is 96.3 Å². The van der Waals surface area contributed by atoms with Crippen LogP contribution in [0.4, 0.5) is 0 Å². The molecule has 1 rings (SSSR count). The van der Waals surface area contributed by atoms with Gasteiger partial charge in [-0.3, -0.25) is 4.79 Å². The van der Waals surface area contributed by atoms with E-state index in [0.29, 0.717) is 12.3 Å². The lowest BCUT2D eigenvalue weighted by molar-refractivity contribution is -0.153. The zero-order chi connectivity index (χ0) is 29.6. The summed E-state index contributed by atoms with van der Waals surface area (Å²) in [7, 11) is 0. The Hall–Kier alpha value is -1.35. The van der Waals surface area contributed by atoms with Gasteiger partial charge in [0.1, 0.15) is 6.10 Å². The molecule has 0 aromatic rings. The van der Waals surface area contributed by atoms with Crippen molar-refractivity contribution >= 4 is 5.97 Å². The summed E-state index contributed by atoms with van der Waals surface area (Å²) < 4.78 is 6.31. The van der Waals surface area contributed by atoms with Gasteiger partial charge in [0, 0.05) is 6.54 Å². The van der Waals surface area contributed by atoms with Crippen molar-refractivity contribution in [1.82, 2.24) is 4.90 Å². The number of rotatable bonds is 29. The number of ether oxygens (including phenoxy) is 1. The normalized spacial score (nSPS) is 15.0. The van der Waals surface area contributed by atoms with Crippen LogP contribution in [-0.2, 0) is 9.53 Å². The molecule has 41 heavy (non-hydrogen) atoms. The third kappa shape index (κ3) is 22.9. The van der Waals surface area contributed by atoms with Crippen LogP contribution in [0, 0.1) is 5.92 Å². The van der Waals surface area contributed by atoms with Crippen molar-refractivity contribution in [3.63, 3.8) is 0 Å². The Kier molecular flexibility index (Phi) is 26.4. The van der Waals surface area contributed by atoms with Crippen LogP contribution in [-0.4, -0.2) is 36.6 Å². The minimum Gasteiger partial charge on any atom is -0.462 e. The fourth-order valence-electron chi connectivity index (χ4n) is 5.67. The van der Waals surface area contributed by atoms with Gasteiger partial charge in [-0.25, -0.2) is 0 Å². The zero-order valence-corrected chi connectivity index (χ0v) is 27.8. The summed E-state index contributed by atoms with van der Waals surface area (Å²) in [4.78, 5) is 15.3. The Morgan fingerprint density at radius 3 is 1.41 bits per heavy atom. The van der Waals surface area contributed by atoms with Crippen molar-refractivity contribution in [1.29, 1.82) is 0 Å². The van der Waals surface area contributed by atoms with Crippen LogP contribution in [0.1, 0.15) is 168 Å². The first-order valence-corrected chi connectivity index (χ1v) is 18.1. The Morgan fingerprint density at radius 2 is 1.02 bits per heavy atom. The Morgan fingerprint density at radius 1 is 0.610 bits per heavy atom. The van der Waals surface area contributed by atoms with Gasteiger partial charge < -0.3 is 9.64 Å². The first-order valence-electron chi connectivity index (χ1n) is 18.1. The number of unbranched alkanes of at least 4 members (excludes halogenated alkanes) is 12. The number of carbonyl (C=O) groups excluding carboxylic acids is 1. The van der Waals surface area contributed by atoms with Gasteiger partial charge in [0.2, 0.25) is 0 Å². The molecule has 0 aliphatic carbocycles. The highest BCUT2D eigenvalue weighted by Crippen LogP contribution is 2.27. The van der Waals surface area contributed by atoms with Crippen LogP contribution < -0.4 is 0 Å². The van der Waals surface area contributed by atoms with Gasteiger partial charge in [0.05, 0.1) is 6.42 Å². The number of carbonyl (C=O) groups is 1. The molecule has 0 saturated carbocycles. The van der Waals surface area contributed by atoms with Crippen molar-refractivity contribution in [2.75, 3.05) is 19.6 Å². The molecule has 0 bridgehead atoms. The highest BCUT2D eigenvalue weighted by molar-refractivity contribution is 5.69. The average Bonchev–Trinajstić information content (AvgIpc) is 2.94. The molecule has 1 unspecified atom stereocenters. The average molecular weight is 572 g/mol. The first-order chi connectivity index (χ1) is 20.2. The molecule has 1 fully saturated rings.